The van der Waals surface area contributed by atoms with Crippen molar-refractivity contribution in [2.24, 2.45) is 5.10 Å². The fraction of sp³-hybridized carbons (Fsp3) is 0.200. The number of amides is 1. The second-order valence-electron chi connectivity index (χ2n) is 4.44. The highest BCUT2D eigenvalue weighted by molar-refractivity contribution is 7.17. The molecule has 0 saturated carbocycles. The van der Waals surface area contributed by atoms with E-state index < -0.39 is 0 Å². The fourth-order valence-corrected chi connectivity index (χ4v) is 2.70. The zero-order valence-corrected chi connectivity index (χ0v) is 13.3. The number of nitrogens with zero attached hydrogens (tertiary/aromatic N) is 1. The maximum Gasteiger partial charge on any atom is 0.277 e. The van der Waals surface area contributed by atoms with Crippen LogP contribution in [-0.2, 0) is 4.79 Å². The van der Waals surface area contributed by atoms with E-state index in [4.69, 9.17) is 16.3 Å². The van der Waals surface area contributed by atoms with Crippen molar-refractivity contribution in [1.82, 2.24) is 5.43 Å². The molecule has 0 fully saturated rings. The molecule has 1 N–H and O–H groups in total. The molecule has 0 unspecified atom stereocenters. The van der Waals surface area contributed by atoms with Crippen molar-refractivity contribution < 1.29 is 9.53 Å². The lowest BCUT2D eigenvalue weighted by Crippen LogP contribution is -2.24. The summed E-state index contributed by atoms with van der Waals surface area (Å²) in [7, 11) is 0. The lowest BCUT2D eigenvalue weighted by Gasteiger charge is -2.10. The number of halogens is 1. The summed E-state index contributed by atoms with van der Waals surface area (Å²) in [6, 6.07) is 9.45. The standard InChI is InChI=1S/C15H15ClN2O2S/c1-10-4-3-5-11(2)15(10)20-9-14(19)18-17-8-12-6-7-13(16)21-12/h3-8H,9H2,1-2H3,(H,18,19). The molecule has 1 aromatic heterocycles. The van der Waals surface area contributed by atoms with Crippen LogP contribution in [0.1, 0.15) is 16.0 Å². The van der Waals surface area contributed by atoms with Gasteiger partial charge in [-0.05, 0) is 37.1 Å². The molecule has 1 aromatic carbocycles. The molecule has 1 heterocycles. The molecule has 0 saturated heterocycles. The van der Waals surface area contributed by atoms with Gasteiger partial charge in [-0.2, -0.15) is 5.10 Å². The Hall–Kier alpha value is -1.85. The molecule has 0 atom stereocenters. The number of rotatable bonds is 5. The van der Waals surface area contributed by atoms with Gasteiger partial charge in [0, 0.05) is 4.88 Å². The molecular weight excluding hydrogens is 308 g/mol. The maximum absolute atomic E-state index is 11.7. The third-order valence-electron chi connectivity index (χ3n) is 2.73. The predicted octanol–water partition coefficient (Wildman–Crippen LogP) is 3.55. The van der Waals surface area contributed by atoms with Crippen LogP contribution in [0.5, 0.6) is 5.75 Å². The molecule has 21 heavy (non-hydrogen) atoms. The lowest BCUT2D eigenvalue weighted by molar-refractivity contribution is -0.123. The smallest absolute Gasteiger partial charge is 0.277 e. The van der Waals surface area contributed by atoms with Crippen molar-refractivity contribution in [1.29, 1.82) is 0 Å². The first-order valence-electron chi connectivity index (χ1n) is 6.32. The predicted molar refractivity (Wildman–Crippen MR) is 86.5 cm³/mol. The highest BCUT2D eigenvalue weighted by atomic mass is 35.5. The number of hydrogen-bond acceptors (Lipinski definition) is 4. The van der Waals surface area contributed by atoms with Gasteiger partial charge in [0.2, 0.25) is 0 Å². The molecule has 0 spiro atoms. The van der Waals surface area contributed by atoms with Crippen LogP contribution in [0.15, 0.2) is 35.4 Å². The second-order valence-corrected chi connectivity index (χ2v) is 6.19. The molecule has 0 bridgehead atoms. The van der Waals surface area contributed by atoms with E-state index in [2.05, 4.69) is 10.5 Å². The monoisotopic (exact) mass is 322 g/mol. The van der Waals surface area contributed by atoms with E-state index in [0.29, 0.717) is 4.34 Å². The zero-order chi connectivity index (χ0) is 15.2. The molecule has 0 radical (unpaired) electrons. The number of hydrogen-bond donors (Lipinski definition) is 1. The van der Waals surface area contributed by atoms with Gasteiger partial charge >= 0.3 is 0 Å². The zero-order valence-electron chi connectivity index (χ0n) is 11.7. The number of carbonyl (C=O) groups excluding carboxylic acids is 1. The highest BCUT2D eigenvalue weighted by Gasteiger charge is 2.06. The molecule has 6 heteroatoms. The summed E-state index contributed by atoms with van der Waals surface area (Å²) in [6.07, 6.45) is 1.55. The molecule has 0 aliphatic carbocycles. The number of nitrogens with one attached hydrogen (secondary N) is 1. The van der Waals surface area contributed by atoms with Crippen LogP contribution in [0.25, 0.3) is 0 Å². The van der Waals surface area contributed by atoms with E-state index in [0.717, 1.165) is 21.8 Å². The Balaban J connectivity index is 1.84. The minimum Gasteiger partial charge on any atom is -0.483 e. The lowest BCUT2D eigenvalue weighted by atomic mass is 10.1. The first kappa shape index (κ1) is 15.5. The number of carbonyl (C=O) groups is 1. The summed E-state index contributed by atoms with van der Waals surface area (Å²) in [5.41, 5.74) is 4.42. The minimum absolute atomic E-state index is 0.0752. The number of ether oxygens (including phenoxy) is 1. The molecule has 2 aromatic rings. The van der Waals surface area contributed by atoms with Crippen LogP contribution in [-0.4, -0.2) is 18.7 Å². The van der Waals surface area contributed by atoms with Gasteiger partial charge in [0.15, 0.2) is 6.61 Å². The molecule has 110 valence electrons. The van der Waals surface area contributed by atoms with Gasteiger partial charge in [-0.1, -0.05) is 29.8 Å². The van der Waals surface area contributed by atoms with Crippen molar-refractivity contribution in [2.75, 3.05) is 6.61 Å². The Kier molecular flexibility index (Phi) is 5.36. The third-order valence-corrected chi connectivity index (χ3v) is 3.90. The topological polar surface area (TPSA) is 50.7 Å². The second kappa shape index (κ2) is 7.24. The summed E-state index contributed by atoms with van der Waals surface area (Å²) < 4.78 is 6.21. The Morgan fingerprint density at radius 3 is 2.67 bits per heavy atom. The van der Waals surface area contributed by atoms with Crippen molar-refractivity contribution in [3.8, 4) is 5.75 Å². The summed E-state index contributed by atoms with van der Waals surface area (Å²) in [4.78, 5) is 12.5. The van der Waals surface area contributed by atoms with Crippen LogP contribution >= 0.6 is 22.9 Å². The van der Waals surface area contributed by atoms with E-state index in [1.807, 2.05) is 38.1 Å². The SMILES string of the molecule is Cc1cccc(C)c1OCC(=O)NN=Cc1ccc(Cl)s1. The largest absolute Gasteiger partial charge is 0.483 e. The van der Waals surface area contributed by atoms with E-state index >= 15 is 0 Å². The van der Waals surface area contributed by atoms with Crippen LogP contribution in [0.4, 0.5) is 0 Å². The average molecular weight is 323 g/mol. The highest BCUT2D eigenvalue weighted by Crippen LogP contribution is 2.22. The molecular formula is C15H15ClN2O2S. The van der Waals surface area contributed by atoms with Gasteiger partial charge in [-0.25, -0.2) is 5.43 Å². The van der Waals surface area contributed by atoms with Crippen LogP contribution in [0.2, 0.25) is 4.34 Å². The number of para-hydroxylation sites is 1. The first-order valence-corrected chi connectivity index (χ1v) is 7.52. The Labute approximate surface area is 132 Å². The maximum atomic E-state index is 11.7. The Morgan fingerprint density at radius 2 is 2.05 bits per heavy atom. The molecule has 4 nitrogen and oxygen atoms in total. The summed E-state index contributed by atoms with van der Waals surface area (Å²) in [5.74, 6) is 0.429. The Bertz CT molecular complexity index is 647. The van der Waals surface area contributed by atoms with Gasteiger partial charge in [0.25, 0.3) is 5.91 Å². The molecule has 0 aliphatic heterocycles. The normalized spacial score (nSPS) is 10.8. The van der Waals surface area contributed by atoms with E-state index in [1.165, 1.54) is 11.3 Å². The van der Waals surface area contributed by atoms with Crippen molar-refractivity contribution in [2.45, 2.75) is 13.8 Å². The minimum atomic E-state index is -0.309. The van der Waals surface area contributed by atoms with Crippen molar-refractivity contribution >= 4 is 35.1 Å². The molecule has 2 rings (SSSR count). The number of thiophene rings is 1. The van der Waals surface area contributed by atoms with Gasteiger partial charge < -0.3 is 4.74 Å². The third kappa shape index (κ3) is 4.58. The van der Waals surface area contributed by atoms with E-state index in [9.17, 15) is 4.79 Å². The van der Waals surface area contributed by atoms with Crippen LogP contribution in [0.3, 0.4) is 0 Å². The molecule has 0 aliphatic rings. The van der Waals surface area contributed by atoms with Gasteiger partial charge in [-0.15, -0.1) is 11.3 Å². The summed E-state index contributed by atoms with van der Waals surface area (Å²) in [5, 5.41) is 3.86. The fourth-order valence-electron chi connectivity index (χ4n) is 1.76. The Morgan fingerprint density at radius 1 is 1.33 bits per heavy atom. The number of aryl methyl sites for hydroxylation is 2. The summed E-state index contributed by atoms with van der Waals surface area (Å²) in [6.45, 7) is 3.81. The first-order chi connectivity index (χ1) is 10.1. The van der Waals surface area contributed by atoms with E-state index in [1.54, 1.807) is 12.3 Å². The van der Waals surface area contributed by atoms with Gasteiger partial charge in [0.05, 0.1) is 10.6 Å². The van der Waals surface area contributed by atoms with Gasteiger partial charge in [-0.3, -0.25) is 4.79 Å². The van der Waals surface area contributed by atoms with Crippen molar-refractivity contribution in [3.63, 3.8) is 0 Å². The van der Waals surface area contributed by atoms with E-state index in [-0.39, 0.29) is 12.5 Å². The van der Waals surface area contributed by atoms with Crippen LogP contribution in [0, 0.1) is 13.8 Å². The van der Waals surface area contributed by atoms with Crippen molar-refractivity contribution in [3.05, 3.63) is 50.7 Å². The summed E-state index contributed by atoms with van der Waals surface area (Å²) >= 11 is 7.19. The number of benzene rings is 1. The van der Waals surface area contributed by atoms with Gasteiger partial charge in [0.1, 0.15) is 5.75 Å². The quantitative estimate of drug-likeness (QED) is 0.676. The average Bonchev–Trinajstić information content (AvgIpc) is 2.84. The van der Waals surface area contributed by atoms with Crippen LogP contribution < -0.4 is 10.2 Å². The number of hydrazone groups is 1. The molecule has 1 amide bonds.